The fraction of sp³-hybridized carbons (Fsp3) is 0.500. The van der Waals surface area contributed by atoms with Crippen molar-refractivity contribution >= 4 is 15.7 Å². The van der Waals surface area contributed by atoms with E-state index in [9.17, 15) is 17.2 Å². The van der Waals surface area contributed by atoms with E-state index < -0.39 is 21.9 Å². The Morgan fingerprint density at radius 1 is 1.20 bits per heavy atom. The van der Waals surface area contributed by atoms with Crippen LogP contribution in [-0.4, -0.2) is 33.4 Å². The van der Waals surface area contributed by atoms with Gasteiger partial charge in [-0.2, -0.15) is 8.78 Å². The van der Waals surface area contributed by atoms with E-state index in [1.54, 1.807) is 0 Å². The van der Waals surface area contributed by atoms with E-state index in [-0.39, 0.29) is 5.75 Å². The molecule has 1 aromatic carbocycles. The number of rotatable bonds is 5. The van der Waals surface area contributed by atoms with E-state index in [4.69, 9.17) is 0 Å². The Bertz CT molecular complexity index is 528. The van der Waals surface area contributed by atoms with Crippen molar-refractivity contribution in [3.05, 3.63) is 24.3 Å². The minimum atomic E-state index is -3.45. The summed E-state index contributed by atoms with van der Waals surface area (Å²) in [5, 5.41) is 2.67. The fourth-order valence-corrected chi connectivity index (χ4v) is 3.55. The summed E-state index contributed by atoms with van der Waals surface area (Å²) in [5.74, 6) is -0.00943. The van der Waals surface area contributed by atoms with E-state index in [0.29, 0.717) is 31.6 Å². The lowest BCUT2D eigenvalue weighted by molar-refractivity contribution is -0.0498. The molecule has 5 nitrogen and oxygen atoms in total. The summed E-state index contributed by atoms with van der Waals surface area (Å²) in [6.07, 6.45) is 1.11. The van der Waals surface area contributed by atoms with Crippen molar-refractivity contribution < 1.29 is 21.9 Å². The first-order valence-electron chi connectivity index (χ1n) is 6.24. The number of hydrogen-bond donors (Lipinski definition) is 2. The maximum Gasteiger partial charge on any atom is 0.387 e. The van der Waals surface area contributed by atoms with E-state index >= 15 is 0 Å². The second-order valence-corrected chi connectivity index (χ2v) is 6.46. The molecule has 0 spiro atoms. The number of hydrogen-bond acceptors (Lipinski definition) is 4. The normalized spacial score (nSPS) is 17.1. The van der Waals surface area contributed by atoms with E-state index in [2.05, 4.69) is 14.8 Å². The molecule has 0 unspecified atom stereocenters. The monoisotopic (exact) mass is 306 g/mol. The first-order valence-corrected chi connectivity index (χ1v) is 7.79. The van der Waals surface area contributed by atoms with Crippen LogP contribution in [0.1, 0.15) is 12.8 Å². The van der Waals surface area contributed by atoms with Gasteiger partial charge >= 0.3 is 6.61 Å². The topological polar surface area (TPSA) is 67.4 Å². The number of anilines is 1. The van der Waals surface area contributed by atoms with Crippen LogP contribution in [0.15, 0.2) is 24.3 Å². The van der Waals surface area contributed by atoms with Crippen molar-refractivity contribution in [3.8, 4) is 5.75 Å². The third kappa shape index (κ3) is 4.04. The second-order valence-electron chi connectivity index (χ2n) is 4.50. The Labute approximate surface area is 116 Å². The molecule has 1 heterocycles. The predicted molar refractivity (Wildman–Crippen MR) is 71.5 cm³/mol. The van der Waals surface area contributed by atoms with Crippen molar-refractivity contribution in [2.45, 2.75) is 24.7 Å². The molecule has 0 aromatic heterocycles. The molecule has 0 saturated carbocycles. The first-order chi connectivity index (χ1) is 9.47. The van der Waals surface area contributed by atoms with Gasteiger partial charge in [-0.1, -0.05) is 0 Å². The van der Waals surface area contributed by atoms with Crippen LogP contribution in [0.4, 0.5) is 14.5 Å². The van der Waals surface area contributed by atoms with Gasteiger partial charge in [0.2, 0.25) is 10.0 Å². The molecular weight excluding hydrogens is 290 g/mol. The third-order valence-corrected chi connectivity index (χ3v) is 4.93. The molecule has 1 fully saturated rings. The van der Waals surface area contributed by atoms with Gasteiger partial charge in [-0.15, -0.1) is 0 Å². The van der Waals surface area contributed by atoms with Gasteiger partial charge in [-0.3, -0.25) is 4.72 Å². The smallest absolute Gasteiger partial charge is 0.387 e. The minimum absolute atomic E-state index is 0.00943. The van der Waals surface area contributed by atoms with Crippen LogP contribution < -0.4 is 14.8 Å². The first kappa shape index (κ1) is 15.0. The standard InChI is InChI=1S/C12H16F2N2O3S/c13-12(14)19-10-3-1-9(2-4-10)16-20(17,18)11-5-7-15-8-6-11/h1-4,11-12,15-16H,5-8H2. The van der Waals surface area contributed by atoms with Gasteiger partial charge in [-0.05, 0) is 50.2 Å². The number of sulfonamides is 1. The van der Waals surface area contributed by atoms with Crippen molar-refractivity contribution in [2.75, 3.05) is 17.8 Å². The van der Waals surface area contributed by atoms with E-state index in [1.807, 2.05) is 0 Å². The molecule has 0 aliphatic carbocycles. The summed E-state index contributed by atoms with van der Waals surface area (Å²) < 4.78 is 54.9. The van der Waals surface area contributed by atoms with Crippen molar-refractivity contribution in [3.63, 3.8) is 0 Å². The van der Waals surface area contributed by atoms with Crippen LogP contribution in [0, 0.1) is 0 Å². The number of nitrogens with one attached hydrogen (secondary N) is 2. The lowest BCUT2D eigenvalue weighted by atomic mass is 10.2. The summed E-state index contributed by atoms with van der Waals surface area (Å²) in [6, 6.07) is 5.39. The summed E-state index contributed by atoms with van der Waals surface area (Å²) in [6.45, 7) is -1.55. The number of ether oxygens (including phenoxy) is 1. The molecule has 0 atom stereocenters. The van der Waals surface area contributed by atoms with Gasteiger partial charge in [0.05, 0.1) is 5.25 Å². The highest BCUT2D eigenvalue weighted by atomic mass is 32.2. The van der Waals surface area contributed by atoms with Gasteiger partial charge in [-0.25, -0.2) is 8.42 Å². The molecular formula is C12H16F2N2O3S. The van der Waals surface area contributed by atoms with Crippen molar-refractivity contribution in [2.24, 2.45) is 0 Å². The SMILES string of the molecule is O=S(=O)(Nc1ccc(OC(F)F)cc1)C1CCNCC1. The molecule has 8 heteroatoms. The molecule has 0 radical (unpaired) electrons. The average molecular weight is 306 g/mol. The molecule has 112 valence electrons. The Kier molecular flexibility index (Phi) is 4.77. The minimum Gasteiger partial charge on any atom is -0.435 e. The molecule has 0 bridgehead atoms. The van der Waals surface area contributed by atoms with Crippen LogP contribution in [0.5, 0.6) is 5.75 Å². The van der Waals surface area contributed by atoms with E-state index in [0.717, 1.165) is 0 Å². The molecule has 2 rings (SSSR count). The molecule has 1 saturated heterocycles. The van der Waals surface area contributed by atoms with Crippen molar-refractivity contribution in [1.82, 2.24) is 5.32 Å². The zero-order valence-electron chi connectivity index (χ0n) is 10.7. The van der Waals surface area contributed by atoms with Gasteiger partial charge in [0.1, 0.15) is 5.75 Å². The molecule has 2 N–H and O–H groups in total. The lowest BCUT2D eigenvalue weighted by Crippen LogP contribution is -2.38. The van der Waals surface area contributed by atoms with Gasteiger partial charge in [0.15, 0.2) is 0 Å². The number of alkyl halides is 2. The fourth-order valence-electron chi connectivity index (χ4n) is 2.06. The quantitative estimate of drug-likeness (QED) is 0.870. The van der Waals surface area contributed by atoms with Gasteiger partial charge in [0, 0.05) is 5.69 Å². The van der Waals surface area contributed by atoms with Gasteiger partial charge < -0.3 is 10.1 Å². The zero-order valence-corrected chi connectivity index (χ0v) is 11.5. The molecule has 1 aliphatic heterocycles. The average Bonchev–Trinajstić information content (AvgIpc) is 2.41. The van der Waals surface area contributed by atoms with Crippen LogP contribution in [0.2, 0.25) is 0 Å². The van der Waals surface area contributed by atoms with Crippen LogP contribution in [0.3, 0.4) is 0 Å². The third-order valence-electron chi connectivity index (χ3n) is 3.06. The molecule has 20 heavy (non-hydrogen) atoms. The largest absolute Gasteiger partial charge is 0.435 e. The Hall–Kier alpha value is -1.41. The highest BCUT2D eigenvalue weighted by Crippen LogP contribution is 2.21. The van der Waals surface area contributed by atoms with Gasteiger partial charge in [0.25, 0.3) is 0 Å². The predicted octanol–water partition coefficient (Wildman–Crippen LogP) is 1.78. The molecule has 1 aromatic rings. The van der Waals surface area contributed by atoms with Crippen molar-refractivity contribution in [1.29, 1.82) is 0 Å². The highest BCUT2D eigenvalue weighted by Gasteiger charge is 2.26. The Balaban J connectivity index is 2.01. The maximum absolute atomic E-state index is 12.1. The molecule has 0 amide bonds. The summed E-state index contributed by atoms with van der Waals surface area (Å²) >= 11 is 0. The van der Waals surface area contributed by atoms with Crippen LogP contribution >= 0.6 is 0 Å². The molecule has 1 aliphatic rings. The Morgan fingerprint density at radius 2 is 1.80 bits per heavy atom. The lowest BCUT2D eigenvalue weighted by Gasteiger charge is -2.23. The zero-order chi connectivity index (χ0) is 14.6. The number of piperidine rings is 1. The second kappa shape index (κ2) is 6.36. The maximum atomic E-state index is 12.1. The number of benzene rings is 1. The highest BCUT2D eigenvalue weighted by molar-refractivity contribution is 7.93. The van der Waals surface area contributed by atoms with Crippen LogP contribution in [-0.2, 0) is 10.0 Å². The van der Waals surface area contributed by atoms with Crippen LogP contribution in [0.25, 0.3) is 0 Å². The summed E-state index contributed by atoms with van der Waals surface area (Å²) in [4.78, 5) is 0. The number of halogens is 2. The Morgan fingerprint density at radius 3 is 2.35 bits per heavy atom. The summed E-state index contributed by atoms with van der Waals surface area (Å²) in [7, 11) is -3.45. The summed E-state index contributed by atoms with van der Waals surface area (Å²) in [5.41, 5.74) is 0.338. The van der Waals surface area contributed by atoms with E-state index in [1.165, 1.54) is 24.3 Å².